The van der Waals surface area contributed by atoms with Crippen molar-refractivity contribution in [3.8, 4) is 0 Å². The fraction of sp³-hybridized carbons (Fsp3) is 0.609. The molecule has 0 aliphatic carbocycles. The second-order valence-electron chi connectivity index (χ2n) is 7.44. The summed E-state index contributed by atoms with van der Waals surface area (Å²) in [5, 5.41) is 2.87. The van der Waals surface area contributed by atoms with Crippen LogP contribution in [0.2, 0.25) is 0 Å². The number of ether oxygens (including phenoxy) is 1. The lowest BCUT2D eigenvalue weighted by Crippen LogP contribution is -2.29. The predicted octanol–water partition coefficient (Wildman–Crippen LogP) is 6.46. The average Bonchev–Trinajstić information content (AvgIpc) is 2.73. The number of benzene rings is 1. The van der Waals surface area contributed by atoms with E-state index in [0.717, 1.165) is 24.8 Å². The van der Waals surface area contributed by atoms with Gasteiger partial charge in [-0.1, -0.05) is 76.6 Å². The molecule has 0 spiro atoms. The molecule has 2 atom stereocenters. The van der Waals surface area contributed by atoms with E-state index in [4.69, 9.17) is 9.63 Å². The van der Waals surface area contributed by atoms with Crippen LogP contribution in [-0.4, -0.2) is 17.6 Å². The van der Waals surface area contributed by atoms with Crippen LogP contribution in [0.25, 0.3) is 0 Å². The van der Waals surface area contributed by atoms with Crippen molar-refractivity contribution in [3.63, 3.8) is 0 Å². The quantitative estimate of drug-likeness (QED) is 0.175. The molecule has 0 saturated carbocycles. The highest BCUT2D eigenvalue weighted by atomic mass is 31.1. The topological polar surface area (TPSA) is 84.9 Å². The molecule has 0 aliphatic heterocycles. The van der Waals surface area contributed by atoms with Crippen molar-refractivity contribution in [2.24, 2.45) is 0 Å². The Morgan fingerprint density at radius 1 is 1.07 bits per heavy atom. The van der Waals surface area contributed by atoms with Gasteiger partial charge in [-0.2, -0.15) is 0 Å². The summed E-state index contributed by atoms with van der Waals surface area (Å²) in [5.41, 5.74) is 2.24. The van der Waals surface area contributed by atoms with Crippen molar-refractivity contribution in [3.05, 3.63) is 47.7 Å². The summed E-state index contributed by atoms with van der Waals surface area (Å²) < 4.78 is 20.5. The standard InChI is InChI=1S/C23H38NO5P/c1-3-5-7-8-9-10-12-20-14-16-21(17-15-20)22(13-11-19-29-30(26)27)24-23(25)28-18-6-4-2/h11,14-17,19,22,30H,3-10,12-13,18H2,1-2H3,(H,24,25)(H,26,27). The molecule has 0 bridgehead atoms. The van der Waals surface area contributed by atoms with Crippen LogP contribution in [0.4, 0.5) is 4.79 Å². The van der Waals surface area contributed by atoms with Gasteiger partial charge < -0.3 is 19.5 Å². The van der Waals surface area contributed by atoms with Gasteiger partial charge in [0.05, 0.1) is 18.9 Å². The summed E-state index contributed by atoms with van der Waals surface area (Å²) in [6, 6.07) is 7.94. The normalized spacial score (nSPS) is 13.2. The molecule has 30 heavy (non-hydrogen) atoms. The van der Waals surface area contributed by atoms with Crippen LogP contribution in [0, 0.1) is 0 Å². The molecule has 0 fully saturated rings. The Labute approximate surface area is 182 Å². The molecule has 0 radical (unpaired) electrons. The number of amides is 1. The zero-order valence-electron chi connectivity index (χ0n) is 18.4. The van der Waals surface area contributed by atoms with E-state index in [0.29, 0.717) is 13.0 Å². The van der Waals surface area contributed by atoms with Gasteiger partial charge >= 0.3 is 14.3 Å². The third kappa shape index (κ3) is 12.7. The van der Waals surface area contributed by atoms with Gasteiger partial charge in [-0.15, -0.1) is 0 Å². The van der Waals surface area contributed by atoms with Gasteiger partial charge in [0.15, 0.2) is 0 Å². The number of aryl methyl sites for hydroxylation is 1. The molecule has 2 unspecified atom stereocenters. The Kier molecular flexibility index (Phi) is 14.8. The number of alkyl carbamates (subject to hydrolysis) is 1. The van der Waals surface area contributed by atoms with E-state index in [-0.39, 0.29) is 6.04 Å². The lowest BCUT2D eigenvalue weighted by molar-refractivity contribution is 0.140. The molecular formula is C23H38NO5P. The van der Waals surface area contributed by atoms with Crippen LogP contribution in [0.3, 0.4) is 0 Å². The lowest BCUT2D eigenvalue weighted by atomic mass is 9.99. The first-order valence-electron chi connectivity index (χ1n) is 11.1. The molecule has 2 N–H and O–H groups in total. The number of rotatable bonds is 16. The number of nitrogens with one attached hydrogen (secondary N) is 1. The van der Waals surface area contributed by atoms with Crippen LogP contribution in [0.5, 0.6) is 0 Å². The van der Waals surface area contributed by atoms with Gasteiger partial charge in [-0.3, -0.25) is 0 Å². The third-order valence-corrected chi connectivity index (χ3v) is 5.20. The highest BCUT2D eigenvalue weighted by Gasteiger charge is 2.14. The minimum atomic E-state index is -3.00. The van der Waals surface area contributed by atoms with Crippen molar-refractivity contribution in [2.45, 2.75) is 84.1 Å². The Hall–Kier alpha value is -1.78. The summed E-state index contributed by atoms with van der Waals surface area (Å²) >= 11 is 0. The van der Waals surface area contributed by atoms with Crippen molar-refractivity contribution in [1.82, 2.24) is 5.32 Å². The number of hydrogen-bond donors (Lipinski definition) is 2. The van der Waals surface area contributed by atoms with E-state index >= 15 is 0 Å². The monoisotopic (exact) mass is 439 g/mol. The summed E-state index contributed by atoms with van der Waals surface area (Å²) in [4.78, 5) is 20.8. The number of hydrogen-bond acceptors (Lipinski definition) is 4. The molecule has 6 nitrogen and oxygen atoms in total. The predicted molar refractivity (Wildman–Crippen MR) is 122 cm³/mol. The SMILES string of the molecule is CCCCCCCCc1ccc(C(CC=CO[PH](=O)O)NC(=O)OCCCC)cc1. The molecule has 0 saturated heterocycles. The maximum absolute atomic E-state index is 12.1. The lowest BCUT2D eigenvalue weighted by Gasteiger charge is -2.18. The summed E-state index contributed by atoms with van der Waals surface area (Å²) in [6.45, 7) is 4.65. The zero-order valence-corrected chi connectivity index (χ0v) is 19.4. The van der Waals surface area contributed by atoms with E-state index in [1.807, 2.05) is 19.1 Å². The van der Waals surface area contributed by atoms with Crippen LogP contribution in [-0.2, 0) is 20.2 Å². The summed E-state index contributed by atoms with van der Waals surface area (Å²) in [5.74, 6) is 0. The molecule has 0 heterocycles. The van der Waals surface area contributed by atoms with Gasteiger partial charge in [-0.05, 0) is 42.9 Å². The second kappa shape index (κ2) is 17.0. The number of carbonyl (C=O) groups excluding carboxylic acids is 1. The van der Waals surface area contributed by atoms with E-state index in [9.17, 15) is 9.36 Å². The molecule has 1 aromatic rings. The molecule has 170 valence electrons. The number of carbonyl (C=O) groups is 1. The van der Waals surface area contributed by atoms with Gasteiger partial charge in [-0.25, -0.2) is 9.36 Å². The molecule has 0 aliphatic rings. The Balaban J connectivity index is 2.62. The van der Waals surface area contributed by atoms with Gasteiger partial charge in [0.25, 0.3) is 0 Å². The highest BCUT2D eigenvalue weighted by molar-refractivity contribution is 7.32. The van der Waals surface area contributed by atoms with Crippen molar-refractivity contribution < 1.29 is 23.5 Å². The molecular weight excluding hydrogens is 401 g/mol. The highest BCUT2D eigenvalue weighted by Crippen LogP contribution is 2.21. The molecule has 0 aromatic heterocycles. The fourth-order valence-corrected chi connectivity index (χ4v) is 3.31. The van der Waals surface area contributed by atoms with E-state index in [2.05, 4.69) is 28.9 Å². The first-order valence-corrected chi connectivity index (χ1v) is 12.4. The zero-order chi connectivity index (χ0) is 22.0. The van der Waals surface area contributed by atoms with Crippen molar-refractivity contribution >= 4 is 14.3 Å². The maximum atomic E-state index is 12.1. The largest absolute Gasteiger partial charge is 0.450 e. The Bertz CT molecular complexity index is 633. The van der Waals surface area contributed by atoms with Crippen LogP contribution >= 0.6 is 8.25 Å². The maximum Gasteiger partial charge on any atom is 0.407 e. The molecule has 1 rings (SSSR count). The first-order chi connectivity index (χ1) is 14.6. The minimum absolute atomic E-state index is 0.303. The minimum Gasteiger partial charge on any atom is -0.450 e. The van der Waals surface area contributed by atoms with Gasteiger partial charge in [0.2, 0.25) is 0 Å². The van der Waals surface area contributed by atoms with Crippen LogP contribution in [0.1, 0.15) is 88.8 Å². The first kappa shape index (κ1) is 26.3. The van der Waals surface area contributed by atoms with Gasteiger partial charge in [0, 0.05) is 0 Å². The smallest absolute Gasteiger partial charge is 0.407 e. The second-order valence-corrected chi connectivity index (χ2v) is 8.20. The van der Waals surface area contributed by atoms with Crippen molar-refractivity contribution in [1.29, 1.82) is 0 Å². The van der Waals surface area contributed by atoms with Crippen LogP contribution in [0.15, 0.2) is 36.6 Å². The average molecular weight is 440 g/mol. The van der Waals surface area contributed by atoms with Gasteiger partial charge in [0.1, 0.15) is 0 Å². The molecule has 7 heteroatoms. The van der Waals surface area contributed by atoms with E-state index in [1.165, 1.54) is 50.4 Å². The summed E-state index contributed by atoms with van der Waals surface area (Å²) in [7, 11) is -3.00. The Morgan fingerprint density at radius 3 is 2.40 bits per heavy atom. The fourth-order valence-electron chi connectivity index (χ4n) is 3.10. The van der Waals surface area contributed by atoms with E-state index < -0.39 is 14.3 Å². The third-order valence-electron chi connectivity index (χ3n) is 4.86. The molecule has 1 amide bonds. The van der Waals surface area contributed by atoms with Crippen LogP contribution < -0.4 is 5.32 Å². The van der Waals surface area contributed by atoms with Crippen molar-refractivity contribution in [2.75, 3.05) is 6.61 Å². The molecule has 1 aromatic carbocycles. The Morgan fingerprint density at radius 2 is 1.73 bits per heavy atom. The number of unbranched alkanes of at least 4 members (excludes halogenated alkanes) is 6. The summed E-state index contributed by atoms with van der Waals surface area (Å²) in [6.07, 6.45) is 13.3. The van der Waals surface area contributed by atoms with E-state index in [1.54, 1.807) is 6.08 Å².